The molecular weight excluding hydrogens is 908 g/mol. The van der Waals surface area contributed by atoms with Gasteiger partial charge < -0.3 is 29.5 Å². The molecule has 4 aliphatic heterocycles. The summed E-state index contributed by atoms with van der Waals surface area (Å²) < 4.78 is 10.9. The largest absolute Gasteiger partial charge is 0.383 e. The summed E-state index contributed by atoms with van der Waals surface area (Å²) in [6.45, 7) is 25.8. The first-order valence-electron chi connectivity index (χ1n) is 24.5. The van der Waals surface area contributed by atoms with Crippen molar-refractivity contribution >= 4 is 62.1 Å². The van der Waals surface area contributed by atoms with Crippen molar-refractivity contribution < 1.29 is 9.47 Å². The number of nitrogens with zero attached hydrogens (tertiary/aromatic N) is 11. The average molecular weight is 970 g/mol. The number of nitrogens with one attached hydrogen (secondary N) is 1. The number of rotatable bonds is 5. The van der Waals surface area contributed by atoms with Crippen LogP contribution >= 0.6 is 11.6 Å². The molecule has 0 bridgehead atoms. The molecule has 12 rings (SSSR count). The van der Waals surface area contributed by atoms with E-state index in [0.29, 0.717) is 10.7 Å². The summed E-state index contributed by atoms with van der Waals surface area (Å²) in [5.74, 6) is 0. The third-order valence-electron chi connectivity index (χ3n) is 13.8. The average Bonchev–Trinajstić information content (AvgIpc) is 3.84. The van der Waals surface area contributed by atoms with Gasteiger partial charge in [-0.1, -0.05) is 39.3 Å². The van der Waals surface area contributed by atoms with Gasteiger partial charge in [0.2, 0.25) is 0 Å². The van der Waals surface area contributed by atoms with E-state index in [9.17, 15) is 0 Å². The first-order chi connectivity index (χ1) is 34.3. The smallest absolute Gasteiger partial charge is 0.161 e. The maximum absolute atomic E-state index is 6.41. The first-order valence-corrected chi connectivity index (χ1v) is 24.8. The van der Waals surface area contributed by atoms with Crippen molar-refractivity contribution in [1.82, 2.24) is 39.9 Å². The molecule has 71 heavy (non-hydrogen) atoms. The molecule has 0 spiro atoms. The summed E-state index contributed by atoms with van der Waals surface area (Å²) >= 11 is 6.41. The van der Waals surface area contributed by atoms with E-state index in [1.807, 2.05) is 75.0 Å². The summed E-state index contributed by atoms with van der Waals surface area (Å²) in [5.41, 5.74) is 17.3. The summed E-state index contributed by atoms with van der Waals surface area (Å²) in [5, 5.41) is 6.06. The fourth-order valence-corrected chi connectivity index (χ4v) is 10.2. The predicted molar refractivity (Wildman–Crippen MR) is 286 cm³/mol. The van der Waals surface area contributed by atoms with E-state index in [2.05, 4.69) is 116 Å². The number of aromatic nitrogens is 8. The first kappa shape index (κ1) is 47.8. The maximum Gasteiger partial charge on any atom is 0.161 e. The molecule has 12 heterocycles. The van der Waals surface area contributed by atoms with E-state index < -0.39 is 0 Å². The van der Waals surface area contributed by atoms with E-state index in [0.717, 1.165) is 150 Å². The summed E-state index contributed by atoms with van der Waals surface area (Å²) in [7, 11) is 0. The van der Waals surface area contributed by atoms with E-state index in [1.54, 1.807) is 12.4 Å². The van der Waals surface area contributed by atoms with E-state index in [4.69, 9.17) is 31.0 Å². The Labute approximate surface area is 420 Å². The molecule has 14 nitrogen and oxygen atoms in total. The number of hydrogen-bond acceptors (Lipinski definition) is 14. The fraction of sp³-hybridized carbons (Fsp3) is 0.357. The van der Waals surface area contributed by atoms with Crippen LogP contribution in [0.3, 0.4) is 0 Å². The zero-order chi connectivity index (χ0) is 49.4. The van der Waals surface area contributed by atoms with E-state index in [-0.39, 0.29) is 10.8 Å². The van der Waals surface area contributed by atoms with Gasteiger partial charge in [0.1, 0.15) is 0 Å². The predicted octanol–water partition coefficient (Wildman–Crippen LogP) is 10.6. The fourth-order valence-electron chi connectivity index (χ4n) is 9.95. The van der Waals surface area contributed by atoms with Crippen LogP contribution in [0.4, 0.5) is 28.4 Å². The van der Waals surface area contributed by atoms with Crippen LogP contribution in [0.2, 0.25) is 5.02 Å². The summed E-state index contributed by atoms with van der Waals surface area (Å²) in [4.78, 5) is 44.2. The van der Waals surface area contributed by atoms with Gasteiger partial charge in [-0.05, 0) is 105 Å². The van der Waals surface area contributed by atoms with Crippen LogP contribution in [0, 0.1) is 27.7 Å². The second kappa shape index (κ2) is 19.7. The monoisotopic (exact) mass is 968 g/mol. The van der Waals surface area contributed by atoms with Gasteiger partial charge in [-0.3, -0.25) is 19.9 Å². The van der Waals surface area contributed by atoms with Crippen LogP contribution in [0.15, 0.2) is 97.8 Å². The van der Waals surface area contributed by atoms with Gasteiger partial charge in [0.25, 0.3) is 0 Å². The normalized spacial score (nSPS) is 16.7. The highest BCUT2D eigenvalue weighted by molar-refractivity contribution is 6.36. The van der Waals surface area contributed by atoms with Gasteiger partial charge in [0, 0.05) is 91.2 Å². The molecule has 15 heteroatoms. The molecule has 0 atom stereocenters. The number of ether oxygens (including phenoxy) is 2. The van der Waals surface area contributed by atoms with Crippen LogP contribution in [-0.2, 0) is 20.3 Å². The Kier molecular flexibility index (Phi) is 13.3. The second-order valence-electron chi connectivity index (χ2n) is 20.1. The van der Waals surface area contributed by atoms with Crippen molar-refractivity contribution in [2.45, 2.75) is 66.2 Å². The molecule has 364 valence electrons. The molecule has 8 aromatic heterocycles. The maximum atomic E-state index is 6.41. The Morgan fingerprint density at radius 3 is 1.70 bits per heavy atom. The summed E-state index contributed by atoms with van der Waals surface area (Å²) in [6.07, 6.45) is 11.2. The third-order valence-corrected chi connectivity index (χ3v) is 14.3. The lowest BCUT2D eigenvalue weighted by molar-refractivity contribution is 0.122. The molecule has 0 saturated carbocycles. The second-order valence-corrected chi connectivity index (χ2v) is 20.5. The van der Waals surface area contributed by atoms with Crippen LogP contribution in [0.5, 0.6) is 0 Å². The SMILES string of the molecule is CC1(C)CNc2cc(N3CCOCC3)cnc21.Cc1ccnc(-c2nc3ncccc3c(Cl)c2C)c1.Cc1ccnc(-c2nc3ncccc3c(N3CC(C)(C)c4ncc(N5CCOCC5)cc43)c2C)c1. The lowest BCUT2D eigenvalue weighted by Gasteiger charge is -2.30. The molecule has 2 fully saturated rings. The number of morpholine rings is 2. The Balaban J connectivity index is 0.000000136. The number of anilines is 5. The van der Waals surface area contributed by atoms with E-state index >= 15 is 0 Å². The Hall–Kier alpha value is -6.87. The minimum atomic E-state index is -0.0924. The van der Waals surface area contributed by atoms with Crippen LogP contribution in [0.25, 0.3) is 44.8 Å². The lowest BCUT2D eigenvalue weighted by atomic mass is 9.91. The minimum absolute atomic E-state index is 0.0924. The van der Waals surface area contributed by atoms with Crippen molar-refractivity contribution in [3.8, 4) is 22.8 Å². The highest BCUT2D eigenvalue weighted by atomic mass is 35.5. The molecule has 0 radical (unpaired) electrons. The number of halogens is 1. The number of fused-ring (bicyclic) bond motifs is 4. The Bertz CT molecular complexity index is 3260. The van der Waals surface area contributed by atoms with Gasteiger partial charge in [-0.2, -0.15) is 0 Å². The van der Waals surface area contributed by atoms with Crippen molar-refractivity contribution in [1.29, 1.82) is 0 Å². The van der Waals surface area contributed by atoms with E-state index in [1.165, 1.54) is 17.1 Å². The number of aryl methyl sites for hydroxylation is 2. The molecule has 8 aromatic rings. The molecule has 2 saturated heterocycles. The number of hydrogen-bond donors (Lipinski definition) is 1. The van der Waals surface area contributed by atoms with Crippen molar-refractivity contribution in [2.75, 3.05) is 85.7 Å². The van der Waals surface area contributed by atoms with Gasteiger partial charge in [-0.25, -0.2) is 19.9 Å². The minimum Gasteiger partial charge on any atom is -0.383 e. The zero-order valence-corrected chi connectivity index (χ0v) is 42.7. The van der Waals surface area contributed by atoms with Gasteiger partial charge in [-0.15, -0.1) is 0 Å². The molecular formula is C56H61ClN12O2. The molecule has 0 aliphatic carbocycles. The van der Waals surface area contributed by atoms with Crippen LogP contribution < -0.4 is 20.0 Å². The van der Waals surface area contributed by atoms with Crippen molar-refractivity contribution in [2.24, 2.45) is 0 Å². The quantitative estimate of drug-likeness (QED) is 0.175. The van der Waals surface area contributed by atoms with Crippen LogP contribution in [-0.4, -0.2) is 106 Å². The highest BCUT2D eigenvalue weighted by Crippen LogP contribution is 2.48. The van der Waals surface area contributed by atoms with Crippen molar-refractivity contribution in [3.05, 3.63) is 137 Å². The van der Waals surface area contributed by atoms with Gasteiger partial charge >= 0.3 is 0 Å². The molecule has 0 unspecified atom stereocenters. The molecule has 1 N–H and O–H groups in total. The summed E-state index contributed by atoms with van der Waals surface area (Å²) in [6, 6.07) is 20.5. The van der Waals surface area contributed by atoms with Crippen LogP contribution in [0.1, 0.15) is 61.3 Å². The zero-order valence-electron chi connectivity index (χ0n) is 41.9. The van der Waals surface area contributed by atoms with Gasteiger partial charge in [0.15, 0.2) is 11.3 Å². The Morgan fingerprint density at radius 1 is 0.577 bits per heavy atom. The van der Waals surface area contributed by atoms with Gasteiger partial charge in [0.05, 0.1) is 106 Å². The Morgan fingerprint density at radius 2 is 1.11 bits per heavy atom. The molecule has 0 amide bonds. The third kappa shape index (κ3) is 9.68. The lowest BCUT2D eigenvalue weighted by Crippen LogP contribution is -2.36. The highest BCUT2D eigenvalue weighted by Gasteiger charge is 2.40. The standard InChI is InChI=1S/C28H30N6O.C15H12ClN3.C13H19N3O/c1-18-7-9-29-22(14-18)24-19(2)25(21-6-5-8-30-27(21)32-24)34-17-28(3,4)26-23(34)15-20(16-31-26)33-10-12-35-13-11-33;1-9-5-7-17-12(8-9)14-10(2)13(16)11-4-3-6-18-15(11)19-14;1-13(2)9-15-11-7-10(8-14-12(11)13)16-3-5-17-6-4-16/h5-9,14-16H,10-13,17H2,1-4H3;3-8H,1-2H3;7-8,15H,3-6,9H2,1-2H3. The topological polar surface area (TPSA) is 143 Å². The number of pyridine rings is 8. The molecule has 0 aromatic carbocycles. The van der Waals surface area contributed by atoms with Crippen molar-refractivity contribution in [3.63, 3.8) is 0 Å². The molecule has 4 aliphatic rings.